The highest BCUT2D eigenvalue weighted by molar-refractivity contribution is 5.39. The van der Waals surface area contributed by atoms with Gasteiger partial charge in [-0.15, -0.1) is 0 Å². The van der Waals surface area contributed by atoms with E-state index in [1.807, 2.05) is 0 Å². The molecule has 1 saturated heterocycles. The van der Waals surface area contributed by atoms with Crippen molar-refractivity contribution < 1.29 is 9.84 Å². The zero-order valence-corrected chi connectivity index (χ0v) is 13.6. The van der Waals surface area contributed by atoms with Gasteiger partial charge in [-0.25, -0.2) is 0 Å². The highest BCUT2D eigenvalue weighted by Crippen LogP contribution is 2.46. The molecule has 1 heterocycles. The summed E-state index contributed by atoms with van der Waals surface area (Å²) in [4.78, 5) is 0. The van der Waals surface area contributed by atoms with Gasteiger partial charge in [-0.05, 0) is 69.1 Å². The molecule has 0 bridgehead atoms. The van der Waals surface area contributed by atoms with Crippen molar-refractivity contribution in [2.75, 3.05) is 6.61 Å². The maximum absolute atomic E-state index is 11.0. The summed E-state index contributed by atoms with van der Waals surface area (Å²) >= 11 is 0. The number of hydrogen-bond donors (Lipinski definition) is 1. The molecule has 116 valence electrons. The van der Waals surface area contributed by atoms with E-state index in [9.17, 15) is 5.11 Å². The lowest BCUT2D eigenvalue weighted by molar-refractivity contribution is -0.113. The summed E-state index contributed by atoms with van der Waals surface area (Å²) in [6.07, 6.45) is 6.60. The van der Waals surface area contributed by atoms with Crippen molar-refractivity contribution in [2.45, 2.75) is 71.0 Å². The number of aryl methyl sites for hydroxylation is 3. The molecule has 1 spiro atoms. The predicted octanol–water partition coefficient (Wildman–Crippen LogP) is 4.38. The molecule has 2 aliphatic rings. The molecule has 2 heteroatoms. The van der Waals surface area contributed by atoms with Crippen LogP contribution in [0.3, 0.4) is 0 Å². The second-order valence-electron chi connectivity index (χ2n) is 7.25. The molecule has 21 heavy (non-hydrogen) atoms. The van der Waals surface area contributed by atoms with E-state index >= 15 is 0 Å². The normalized spacial score (nSPS) is 26.2. The van der Waals surface area contributed by atoms with Gasteiger partial charge in [0.05, 0.1) is 11.7 Å². The maximum atomic E-state index is 11.0. The number of benzene rings is 1. The van der Waals surface area contributed by atoms with Gasteiger partial charge in [-0.2, -0.15) is 0 Å². The summed E-state index contributed by atoms with van der Waals surface area (Å²) in [5.74, 6) is 0.344. The SMILES string of the molecule is Cc1cc(C)c(C(O)C2CCOC3(CCCC3)C2)c(C)c1. The number of rotatable bonds is 2. The van der Waals surface area contributed by atoms with Gasteiger partial charge in [0, 0.05) is 6.61 Å². The molecule has 0 amide bonds. The van der Waals surface area contributed by atoms with E-state index in [0.717, 1.165) is 25.0 Å². The molecule has 2 atom stereocenters. The third-order valence-electron chi connectivity index (χ3n) is 5.53. The van der Waals surface area contributed by atoms with Crippen molar-refractivity contribution in [1.29, 1.82) is 0 Å². The minimum atomic E-state index is -0.341. The van der Waals surface area contributed by atoms with Gasteiger partial charge in [0.2, 0.25) is 0 Å². The Bertz CT molecular complexity index is 491. The molecule has 2 nitrogen and oxygen atoms in total. The summed E-state index contributed by atoms with van der Waals surface area (Å²) in [7, 11) is 0. The van der Waals surface area contributed by atoms with Crippen LogP contribution in [0.25, 0.3) is 0 Å². The van der Waals surface area contributed by atoms with Crippen LogP contribution in [0, 0.1) is 26.7 Å². The van der Waals surface area contributed by atoms with Crippen LogP contribution in [0.5, 0.6) is 0 Å². The van der Waals surface area contributed by atoms with E-state index in [0.29, 0.717) is 5.92 Å². The molecule has 0 aromatic heterocycles. The Morgan fingerprint density at radius 1 is 1.14 bits per heavy atom. The minimum absolute atomic E-state index is 0.0798. The highest BCUT2D eigenvalue weighted by atomic mass is 16.5. The van der Waals surface area contributed by atoms with Crippen molar-refractivity contribution in [1.82, 2.24) is 0 Å². The number of hydrogen-bond acceptors (Lipinski definition) is 2. The Hall–Kier alpha value is -0.860. The first-order chi connectivity index (χ1) is 10.0. The Balaban J connectivity index is 1.83. The zero-order chi connectivity index (χ0) is 15.0. The van der Waals surface area contributed by atoms with E-state index in [1.165, 1.54) is 42.4 Å². The standard InChI is InChI=1S/C19H28O2/c1-13-10-14(2)17(15(3)11-13)18(20)16-6-9-21-19(12-16)7-4-5-8-19/h10-11,16,18,20H,4-9,12H2,1-3H3. The van der Waals surface area contributed by atoms with Gasteiger partial charge < -0.3 is 9.84 Å². The lowest BCUT2D eigenvalue weighted by atomic mass is 9.78. The molecule has 1 aromatic rings. The van der Waals surface area contributed by atoms with Gasteiger partial charge >= 0.3 is 0 Å². The first kappa shape index (κ1) is 15.1. The second kappa shape index (κ2) is 5.73. The van der Waals surface area contributed by atoms with Crippen LogP contribution in [0.4, 0.5) is 0 Å². The minimum Gasteiger partial charge on any atom is -0.388 e. The highest BCUT2D eigenvalue weighted by Gasteiger charge is 2.42. The fourth-order valence-electron chi connectivity index (χ4n) is 4.60. The summed E-state index contributed by atoms with van der Waals surface area (Å²) in [6.45, 7) is 7.19. The molecule has 1 aromatic carbocycles. The van der Waals surface area contributed by atoms with Crippen LogP contribution in [-0.2, 0) is 4.74 Å². The lowest BCUT2D eigenvalue weighted by Gasteiger charge is -2.40. The van der Waals surface area contributed by atoms with Crippen molar-refractivity contribution in [3.63, 3.8) is 0 Å². The van der Waals surface area contributed by atoms with Crippen molar-refractivity contribution in [3.05, 3.63) is 34.4 Å². The molecular weight excluding hydrogens is 260 g/mol. The van der Waals surface area contributed by atoms with Crippen molar-refractivity contribution in [2.24, 2.45) is 5.92 Å². The van der Waals surface area contributed by atoms with E-state index < -0.39 is 0 Å². The van der Waals surface area contributed by atoms with Crippen LogP contribution < -0.4 is 0 Å². The van der Waals surface area contributed by atoms with Gasteiger partial charge in [-0.3, -0.25) is 0 Å². The van der Waals surface area contributed by atoms with Crippen LogP contribution in [0.1, 0.15) is 66.9 Å². The Morgan fingerprint density at radius 3 is 2.38 bits per heavy atom. The van der Waals surface area contributed by atoms with Crippen LogP contribution in [0.2, 0.25) is 0 Å². The topological polar surface area (TPSA) is 29.5 Å². The van der Waals surface area contributed by atoms with Gasteiger partial charge in [0.1, 0.15) is 0 Å². The number of aliphatic hydroxyl groups is 1. The van der Waals surface area contributed by atoms with E-state index in [1.54, 1.807) is 0 Å². The third kappa shape index (κ3) is 2.89. The molecular formula is C19H28O2. The molecule has 3 rings (SSSR count). The fourth-order valence-corrected chi connectivity index (χ4v) is 4.60. The smallest absolute Gasteiger partial charge is 0.0825 e. The predicted molar refractivity (Wildman–Crippen MR) is 85.5 cm³/mol. The molecule has 1 aliphatic heterocycles. The van der Waals surface area contributed by atoms with Gasteiger partial charge in [0.15, 0.2) is 0 Å². The largest absolute Gasteiger partial charge is 0.388 e. The molecule has 2 fully saturated rings. The zero-order valence-electron chi connectivity index (χ0n) is 13.6. The molecule has 0 radical (unpaired) electrons. The third-order valence-corrected chi connectivity index (χ3v) is 5.53. The summed E-state index contributed by atoms with van der Waals surface area (Å²) < 4.78 is 6.11. The average Bonchev–Trinajstić information content (AvgIpc) is 2.85. The fraction of sp³-hybridized carbons (Fsp3) is 0.684. The van der Waals surface area contributed by atoms with Crippen molar-refractivity contribution in [3.8, 4) is 0 Å². The van der Waals surface area contributed by atoms with Gasteiger partial charge in [0.25, 0.3) is 0 Å². The Labute approximate surface area is 128 Å². The van der Waals surface area contributed by atoms with E-state index in [2.05, 4.69) is 32.9 Å². The second-order valence-corrected chi connectivity index (χ2v) is 7.25. The summed E-state index contributed by atoms with van der Waals surface area (Å²) in [6, 6.07) is 4.38. The number of ether oxygens (including phenoxy) is 1. The van der Waals surface area contributed by atoms with Gasteiger partial charge in [-0.1, -0.05) is 30.5 Å². The maximum Gasteiger partial charge on any atom is 0.0825 e. The lowest BCUT2D eigenvalue weighted by Crippen LogP contribution is -2.39. The van der Waals surface area contributed by atoms with Crippen LogP contribution >= 0.6 is 0 Å². The first-order valence-electron chi connectivity index (χ1n) is 8.40. The molecule has 1 saturated carbocycles. The molecule has 2 unspecified atom stereocenters. The van der Waals surface area contributed by atoms with Crippen LogP contribution in [0.15, 0.2) is 12.1 Å². The average molecular weight is 288 g/mol. The Kier molecular flexibility index (Phi) is 4.11. The molecule has 1 N–H and O–H groups in total. The monoisotopic (exact) mass is 288 g/mol. The quantitative estimate of drug-likeness (QED) is 0.875. The summed E-state index contributed by atoms with van der Waals surface area (Å²) in [5.41, 5.74) is 4.97. The molecule has 1 aliphatic carbocycles. The summed E-state index contributed by atoms with van der Waals surface area (Å²) in [5, 5.41) is 11.0. The first-order valence-corrected chi connectivity index (χ1v) is 8.40. The van der Waals surface area contributed by atoms with Crippen LogP contribution in [-0.4, -0.2) is 17.3 Å². The van der Waals surface area contributed by atoms with Crippen molar-refractivity contribution >= 4 is 0 Å². The Morgan fingerprint density at radius 2 is 1.76 bits per heavy atom. The van der Waals surface area contributed by atoms with E-state index in [4.69, 9.17) is 4.74 Å². The van der Waals surface area contributed by atoms with E-state index in [-0.39, 0.29) is 11.7 Å². The number of aliphatic hydroxyl groups excluding tert-OH is 1.